The lowest BCUT2D eigenvalue weighted by atomic mass is 10.1. The number of aldehydes is 1. The molecule has 2 aromatic carbocycles. The maximum absolute atomic E-state index is 10.8. The second-order valence-electron chi connectivity index (χ2n) is 9.77. The van der Waals surface area contributed by atoms with Gasteiger partial charge in [-0.1, -0.05) is 15.9 Å². The number of nitrogens with zero attached hydrogens (tertiary/aromatic N) is 2. The van der Waals surface area contributed by atoms with Gasteiger partial charge in [0.1, 0.15) is 17.8 Å². The van der Waals surface area contributed by atoms with Crippen LogP contribution in [0.15, 0.2) is 40.9 Å². The van der Waals surface area contributed by atoms with Crippen LogP contribution in [-0.2, 0) is 22.7 Å². The third-order valence-corrected chi connectivity index (χ3v) is 7.46. The van der Waals surface area contributed by atoms with Crippen molar-refractivity contribution in [2.45, 2.75) is 51.1 Å². The van der Waals surface area contributed by atoms with E-state index in [0.29, 0.717) is 31.0 Å². The number of ether oxygens (including phenoxy) is 4. The molecule has 0 unspecified atom stereocenters. The van der Waals surface area contributed by atoms with Crippen molar-refractivity contribution in [1.82, 2.24) is 9.80 Å². The fourth-order valence-electron chi connectivity index (χ4n) is 4.56. The zero-order valence-corrected chi connectivity index (χ0v) is 24.2. The summed E-state index contributed by atoms with van der Waals surface area (Å²) in [5.41, 5.74) is 2.69. The predicted octanol–water partition coefficient (Wildman–Crippen LogP) is 5.19. The molecule has 0 N–H and O–H groups in total. The van der Waals surface area contributed by atoms with Gasteiger partial charge in [-0.05, 0) is 76.2 Å². The van der Waals surface area contributed by atoms with E-state index >= 15 is 0 Å². The average molecular weight is 578 g/mol. The highest BCUT2D eigenvalue weighted by Crippen LogP contribution is 2.25. The van der Waals surface area contributed by atoms with Gasteiger partial charge in [-0.25, -0.2) is 0 Å². The number of methoxy groups -OCH3 is 2. The average Bonchev–Trinajstić information content (AvgIpc) is 2.92. The summed E-state index contributed by atoms with van der Waals surface area (Å²) in [6.45, 7) is 5.53. The molecule has 2 aliphatic rings. The molecule has 0 aromatic heterocycles. The summed E-state index contributed by atoms with van der Waals surface area (Å²) in [5, 5.41) is 0. The standard InChI is InChI=1S/C15H21NO3.C14H20BrNO2/c1-16-7-5-14(6-8-16)19-11-13-9-12(10-17)3-4-15(13)18-2;1-16-7-5-13(6-8-16)18-10-11-9-12(15)3-4-14(11)17-2/h3-4,9-10,14H,5-8,11H2,1-2H3;3-4,9,13H,5-8,10H2,1-2H3. The SMILES string of the molecule is COc1ccc(Br)cc1COC1CCN(C)CC1.COc1ccc(C=O)cc1COC1CCN(C)CC1. The number of carbonyl (C=O) groups excluding carboxylic acids is 1. The van der Waals surface area contributed by atoms with Crippen LogP contribution in [-0.4, -0.2) is 82.8 Å². The Kier molecular flexibility index (Phi) is 12.3. The lowest BCUT2D eigenvalue weighted by molar-refractivity contribution is 0.00135. The molecule has 0 atom stereocenters. The highest BCUT2D eigenvalue weighted by molar-refractivity contribution is 9.10. The number of carbonyl (C=O) groups is 1. The van der Waals surface area contributed by atoms with E-state index in [1.807, 2.05) is 24.3 Å². The molecule has 0 radical (unpaired) electrons. The molecular formula is C29H41BrN2O5. The van der Waals surface area contributed by atoms with Crippen LogP contribution < -0.4 is 9.47 Å². The minimum Gasteiger partial charge on any atom is -0.496 e. The number of halogens is 1. The number of hydrogen-bond acceptors (Lipinski definition) is 7. The van der Waals surface area contributed by atoms with Gasteiger partial charge in [-0.15, -0.1) is 0 Å². The molecule has 2 heterocycles. The lowest BCUT2D eigenvalue weighted by Gasteiger charge is -2.29. The Morgan fingerprint density at radius 1 is 0.784 bits per heavy atom. The number of piperidine rings is 2. The summed E-state index contributed by atoms with van der Waals surface area (Å²) in [7, 11) is 7.62. The molecule has 0 amide bonds. The van der Waals surface area contributed by atoms with Gasteiger partial charge in [0.15, 0.2) is 0 Å². The molecule has 204 valence electrons. The Morgan fingerprint density at radius 3 is 1.70 bits per heavy atom. The summed E-state index contributed by atoms with van der Waals surface area (Å²) in [6.07, 6.45) is 5.89. The van der Waals surface area contributed by atoms with Crippen molar-refractivity contribution in [3.05, 3.63) is 57.6 Å². The fourth-order valence-corrected chi connectivity index (χ4v) is 4.97. The van der Waals surface area contributed by atoms with Crippen molar-refractivity contribution in [3.63, 3.8) is 0 Å². The Bertz CT molecular complexity index is 973. The largest absolute Gasteiger partial charge is 0.496 e. The van der Waals surface area contributed by atoms with E-state index in [2.05, 4.69) is 45.9 Å². The Hall–Kier alpha value is -1.97. The van der Waals surface area contributed by atoms with Crippen molar-refractivity contribution in [1.29, 1.82) is 0 Å². The molecule has 2 saturated heterocycles. The fraction of sp³-hybridized carbons (Fsp3) is 0.552. The summed E-state index contributed by atoms with van der Waals surface area (Å²) < 4.78 is 23.6. The summed E-state index contributed by atoms with van der Waals surface area (Å²) in [6, 6.07) is 11.4. The Labute approximate surface area is 230 Å². The van der Waals surface area contributed by atoms with E-state index in [1.54, 1.807) is 20.3 Å². The number of likely N-dealkylation sites (tertiary alicyclic amines) is 2. The first kappa shape index (κ1) is 29.6. The van der Waals surface area contributed by atoms with Crippen LogP contribution in [0.5, 0.6) is 11.5 Å². The Morgan fingerprint density at radius 2 is 1.24 bits per heavy atom. The van der Waals surface area contributed by atoms with Gasteiger partial charge in [0.25, 0.3) is 0 Å². The molecule has 8 heteroatoms. The third-order valence-electron chi connectivity index (χ3n) is 6.96. The highest BCUT2D eigenvalue weighted by atomic mass is 79.9. The lowest BCUT2D eigenvalue weighted by Crippen LogP contribution is -2.34. The molecule has 4 rings (SSSR count). The summed E-state index contributed by atoms with van der Waals surface area (Å²) >= 11 is 3.48. The van der Waals surface area contributed by atoms with Crippen molar-refractivity contribution >= 4 is 22.2 Å². The minimum absolute atomic E-state index is 0.306. The van der Waals surface area contributed by atoms with Crippen LogP contribution in [0.4, 0.5) is 0 Å². The van der Waals surface area contributed by atoms with Crippen LogP contribution in [0.1, 0.15) is 47.2 Å². The quantitative estimate of drug-likeness (QED) is 0.381. The molecule has 7 nitrogen and oxygen atoms in total. The van der Waals surface area contributed by atoms with Gasteiger partial charge in [-0.2, -0.15) is 0 Å². The highest BCUT2D eigenvalue weighted by Gasteiger charge is 2.19. The minimum atomic E-state index is 0.306. The topological polar surface area (TPSA) is 60.5 Å². The predicted molar refractivity (Wildman–Crippen MR) is 150 cm³/mol. The maximum atomic E-state index is 10.8. The van der Waals surface area contributed by atoms with Crippen molar-refractivity contribution < 1.29 is 23.7 Å². The summed E-state index contributed by atoms with van der Waals surface area (Å²) in [4.78, 5) is 15.5. The van der Waals surface area contributed by atoms with Gasteiger partial charge < -0.3 is 28.7 Å². The molecule has 0 spiro atoms. The van der Waals surface area contributed by atoms with Crippen LogP contribution >= 0.6 is 15.9 Å². The van der Waals surface area contributed by atoms with Gasteiger partial charge in [0.2, 0.25) is 0 Å². The molecule has 2 aliphatic heterocycles. The normalized spacial score (nSPS) is 17.6. The van der Waals surface area contributed by atoms with E-state index in [0.717, 1.165) is 85.2 Å². The number of benzene rings is 2. The summed E-state index contributed by atoms with van der Waals surface area (Å²) in [5.74, 6) is 1.67. The second-order valence-corrected chi connectivity index (χ2v) is 10.7. The third kappa shape index (κ3) is 9.69. The first-order valence-corrected chi connectivity index (χ1v) is 13.8. The van der Waals surface area contributed by atoms with Crippen LogP contribution in [0.25, 0.3) is 0 Å². The van der Waals surface area contributed by atoms with E-state index in [-0.39, 0.29) is 0 Å². The zero-order valence-electron chi connectivity index (χ0n) is 22.6. The Balaban J connectivity index is 0.000000206. The van der Waals surface area contributed by atoms with Crippen molar-refractivity contribution in [2.75, 3.05) is 54.5 Å². The van der Waals surface area contributed by atoms with Gasteiger partial charge >= 0.3 is 0 Å². The number of hydrogen-bond donors (Lipinski definition) is 0. The zero-order chi connectivity index (χ0) is 26.6. The molecule has 0 aliphatic carbocycles. The van der Waals surface area contributed by atoms with Crippen LogP contribution in [0.2, 0.25) is 0 Å². The maximum Gasteiger partial charge on any atom is 0.150 e. The molecule has 0 bridgehead atoms. The van der Waals surface area contributed by atoms with E-state index < -0.39 is 0 Å². The van der Waals surface area contributed by atoms with Crippen molar-refractivity contribution in [3.8, 4) is 11.5 Å². The molecular weight excluding hydrogens is 536 g/mol. The smallest absolute Gasteiger partial charge is 0.150 e. The monoisotopic (exact) mass is 576 g/mol. The first-order valence-electron chi connectivity index (χ1n) is 13.0. The molecule has 0 saturated carbocycles. The van der Waals surface area contributed by atoms with E-state index in [4.69, 9.17) is 18.9 Å². The number of rotatable bonds is 9. The molecule has 2 fully saturated rings. The van der Waals surface area contributed by atoms with Gasteiger partial charge in [-0.3, -0.25) is 4.79 Å². The van der Waals surface area contributed by atoms with E-state index in [1.165, 1.54) is 0 Å². The first-order chi connectivity index (χ1) is 17.9. The van der Waals surface area contributed by atoms with Gasteiger partial charge in [0, 0.05) is 47.3 Å². The van der Waals surface area contributed by atoms with Crippen LogP contribution in [0.3, 0.4) is 0 Å². The second kappa shape index (κ2) is 15.4. The van der Waals surface area contributed by atoms with E-state index in [9.17, 15) is 4.79 Å². The molecule has 2 aromatic rings. The van der Waals surface area contributed by atoms with Gasteiger partial charge in [0.05, 0.1) is 39.6 Å². The molecule has 37 heavy (non-hydrogen) atoms. The van der Waals surface area contributed by atoms with Crippen molar-refractivity contribution in [2.24, 2.45) is 0 Å². The van der Waals surface area contributed by atoms with Crippen LogP contribution in [0, 0.1) is 0 Å².